The van der Waals surface area contributed by atoms with Crippen molar-refractivity contribution >= 4 is 6.21 Å². The van der Waals surface area contributed by atoms with E-state index in [1.807, 2.05) is 0 Å². The molecular formula is C8H4F3N3. The van der Waals surface area contributed by atoms with Crippen LogP contribution in [-0.4, -0.2) is 12.4 Å². The molecule has 1 unspecified atom stereocenters. The van der Waals surface area contributed by atoms with Crippen LogP contribution in [0.4, 0.5) is 13.2 Å². The Morgan fingerprint density at radius 3 is 2.50 bits per heavy atom. The van der Waals surface area contributed by atoms with Crippen LogP contribution >= 0.6 is 0 Å². The van der Waals surface area contributed by atoms with E-state index in [2.05, 4.69) is 4.99 Å². The summed E-state index contributed by atoms with van der Waals surface area (Å²) in [4.78, 5) is 3.09. The molecule has 1 atom stereocenters. The molecule has 1 aliphatic rings. The maximum absolute atomic E-state index is 12.2. The number of hydrogen-bond donors (Lipinski definition) is 0. The molecule has 0 bridgehead atoms. The van der Waals surface area contributed by atoms with Gasteiger partial charge in [-0.2, -0.15) is 23.7 Å². The molecule has 0 aromatic carbocycles. The van der Waals surface area contributed by atoms with Crippen molar-refractivity contribution in [3.63, 3.8) is 0 Å². The standard InChI is InChI=1S/C8H4F3N3/c9-8(10,11)7-6(3-13)1-5(2-12)4-14-7/h4-5H,1H2. The number of allylic oxidation sites excluding steroid dienone is 2. The predicted molar refractivity (Wildman–Crippen MR) is 40.9 cm³/mol. The van der Waals surface area contributed by atoms with E-state index in [0.717, 1.165) is 6.21 Å². The first-order chi connectivity index (χ1) is 6.49. The molecule has 0 saturated carbocycles. The van der Waals surface area contributed by atoms with Gasteiger partial charge in [-0.25, -0.2) is 0 Å². The van der Waals surface area contributed by atoms with Gasteiger partial charge in [-0.05, 0) is 0 Å². The third kappa shape index (κ3) is 1.91. The maximum Gasteiger partial charge on any atom is 0.434 e. The number of nitrogens with zero attached hydrogens (tertiary/aromatic N) is 3. The van der Waals surface area contributed by atoms with Crippen molar-refractivity contribution in [2.24, 2.45) is 10.9 Å². The van der Waals surface area contributed by atoms with E-state index in [4.69, 9.17) is 10.5 Å². The van der Waals surface area contributed by atoms with Gasteiger partial charge in [0.05, 0.1) is 23.6 Å². The first-order valence-corrected chi connectivity index (χ1v) is 3.63. The van der Waals surface area contributed by atoms with Gasteiger partial charge in [0.25, 0.3) is 0 Å². The SMILES string of the molecule is N#CC1=C(C(F)(F)F)N=CC(C#N)C1. The minimum atomic E-state index is -4.62. The summed E-state index contributed by atoms with van der Waals surface area (Å²) in [5, 5.41) is 16.9. The topological polar surface area (TPSA) is 59.9 Å². The van der Waals surface area contributed by atoms with Gasteiger partial charge in [0.1, 0.15) is 0 Å². The average Bonchev–Trinajstić information content (AvgIpc) is 2.15. The van der Waals surface area contributed by atoms with Crippen molar-refractivity contribution in [2.75, 3.05) is 0 Å². The summed E-state index contributed by atoms with van der Waals surface area (Å²) < 4.78 is 36.6. The minimum absolute atomic E-state index is 0.217. The normalized spacial score (nSPS) is 21.6. The molecule has 0 radical (unpaired) electrons. The highest BCUT2D eigenvalue weighted by atomic mass is 19.4. The monoisotopic (exact) mass is 199 g/mol. The quantitative estimate of drug-likeness (QED) is 0.598. The van der Waals surface area contributed by atoms with Gasteiger partial charge < -0.3 is 0 Å². The number of hydrogen-bond acceptors (Lipinski definition) is 3. The van der Waals surface area contributed by atoms with Crippen molar-refractivity contribution in [1.29, 1.82) is 10.5 Å². The van der Waals surface area contributed by atoms with Crippen LogP contribution in [0.2, 0.25) is 0 Å². The number of alkyl halides is 3. The summed E-state index contributed by atoms with van der Waals surface area (Å²) in [7, 11) is 0. The fourth-order valence-corrected chi connectivity index (χ4v) is 1.03. The largest absolute Gasteiger partial charge is 0.434 e. The Morgan fingerprint density at radius 2 is 2.07 bits per heavy atom. The zero-order valence-corrected chi connectivity index (χ0v) is 6.84. The van der Waals surface area contributed by atoms with Gasteiger partial charge in [-0.3, -0.25) is 4.99 Å². The maximum atomic E-state index is 12.2. The highest BCUT2D eigenvalue weighted by Crippen LogP contribution is 2.33. The third-order valence-electron chi connectivity index (χ3n) is 1.66. The van der Waals surface area contributed by atoms with Gasteiger partial charge in [0.2, 0.25) is 0 Å². The average molecular weight is 199 g/mol. The number of rotatable bonds is 0. The zero-order valence-electron chi connectivity index (χ0n) is 6.84. The van der Waals surface area contributed by atoms with Crippen LogP contribution in [0.15, 0.2) is 16.3 Å². The second kappa shape index (κ2) is 3.51. The Kier molecular flexibility index (Phi) is 2.57. The second-order valence-corrected chi connectivity index (χ2v) is 2.65. The van der Waals surface area contributed by atoms with Gasteiger partial charge in [-0.1, -0.05) is 0 Å². The summed E-state index contributed by atoms with van der Waals surface area (Å²) in [6, 6.07) is 3.16. The number of halogens is 3. The molecule has 0 aromatic heterocycles. The van der Waals surface area contributed by atoms with Crippen LogP contribution in [0.25, 0.3) is 0 Å². The smallest absolute Gasteiger partial charge is 0.254 e. The molecule has 0 aliphatic carbocycles. The molecular weight excluding hydrogens is 195 g/mol. The van der Waals surface area contributed by atoms with Crippen LogP contribution in [-0.2, 0) is 0 Å². The molecule has 6 heteroatoms. The molecule has 0 aromatic rings. The predicted octanol–water partition coefficient (Wildman–Crippen LogP) is 1.94. The molecule has 72 valence electrons. The fraction of sp³-hybridized carbons (Fsp3) is 0.375. The van der Waals surface area contributed by atoms with Crippen molar-refractivity contribution in [1.82, 2.24) is 0 Å². The molecule has 0 amide bonds. The molecule has 1 rings (SSSR count). The lowest BCUT2D eigenvalue weighted by molar-refractivity contribution is -0.0932. The van der Waals surface area contributed by atoms with Crippen molar-refractivity contribution in [3.05, 3.63) is 11.3 Å². The Balaban J connectivity index is 3.08. The van der Waals surface area contributed by atoms with E-state index in [-0.39, 0.29) is 6.42 Å². The summed E-state index contributed by atoms with van der Waals surface area (Å²) in [5.74, 6) is -0.740. The summed E-state index contributed by atoms with van der Waals surface area (Å²) in [6.45, 7) is 0. The Morgan fingerprint density at radius 1 is 1.43 bits per heavy atom. The minimum Gasteiger partial charge on any atom is -0.254 e. The first-order valence-electron chi connectivity index (χ1n) is 3.63. The molecule has 0 saturated heterocycles. The van der Waals surface area contributed by atoms with Gasteiger partial charge in [-0.15, -0.1) is 0 Å². The molecule has 0 fully saturated rings. The van der Waals surface area contributed by atoms with Crippen molar-refractivity contribution in [2.45, 2.75) is 12.6 Å². The molecule has 0 N–H and O–H groups in total. The molecule has 1 heterocycles. The molecule has 3 nitrogen and oxygen atoms in total. The summed E-state index contributed by atoms with van der Waals surface area (Å²) in [6.07, 6.45) is -3.92. The first kappa shape index (κ1) is 10.3. The number of nitriles is 2. The molecule has 14 heavy (non-hydrogen) atoms. The second-order valence-electron chi connectivity index (χ2n) is 2.65. The molecule has 1 aliphatic heterocycles. The Hall–Kier alpha value is -1.82. The highest BCUT2D eigenvalue weighted by molar-refractivity contribution is 5.69. The summed E-state index contributed by atoms with van der Waals surface area (Å²) >= 11 is 0. The lowest BCUT2D eigenvalue weighted by Crippen LogP contribution is -2.18. The van der Waals surface area contributed by atoms with Gasteiger partial charge in [0, 0.05) is 12.6 Å². The van der Waals surface area contributed by atoms with Crippen LogP contribution < -0.4 is 0 Å². The van der Waals surface area contributed by atoms with E-state index in [1.165, 1.54) is 6.07 Å². The van der Waals surface area contributed by atoms with Gasteiger partial charge in [0.15, 0.2) is 5.70 Å². The molecule has 0 spiro atoms. The Labute approximate surface area is 77.8 Å². The van der Waals surface area contributed by atoms with Gasteiger partial charge >= 0.3 is 6.18 Å². The lowest BCUT2D eigenvalue weighted by atomic mass is 9.98. The Bertz CT molecular complexity index is 378. The van der Waals surface area contributed by atoms with Crippen LogP contribution in [0, 0.1) is 28.6 Å². The van der Waals surface area contributed by atoms with Crippen molar-refractivity contribution in [3.8, 4) is 12.1 Å². The van der Waals surface area contributed by atoms with Crippen LogP contribution in [0.1, 0.15) is 6.42 Å². The fourth-order valence-electron chi connectivity index (χ4n) is 1.03. The van der Waals surface area contributed by atoms with E-state index in [0.29, 0.717) is 0 Å². The van der Waals surface area contributed by atoms with E-state index in [1.54, 1.807) is 6.07 Å². The third-order valence-corrected chi connectivity index (χ3v) is 1.66. The number of aliphatic imine (C=N–C) groups is 1. The van der Waals surface area contributed by atoms with E-state index >= 15 is 0 Å². The van der Waals surface area contributed by atoms with Crippen LogP contribution in [0.5, 0.6) is 0 Å². The van der Waals surface area contributed by atoms with E-state index < -0.39 is 23.4 Å². The zero-order chi connectivity index (χ0) is 10.8. The van der Waals surface area contributed by atoms with E-state index in [9.17, 15) is 13.2 Å². The van der Waals surface area contributed by atoms with Crippen LogP contribution in [0.3, 0.4) is 0 Å². The van der Waals surface area contributed by atoms with Crippen molar-refractivity contribution < 1.29 is 13.2 Å². The highest BCUT2D eigenvalue weighted by Gasteiger charge is 2.38. The summed E-state index contributed by atoms with van der Waals surface area (Å²) in [5.41, 5.74) is -1.67. The lowest BCUT2D eigenvalue weighted by Gasteiger charge is -2.14.